The summed E-state index contributed by atoms with van der Waals surface area (Å²) in [6.45, 7) is 4.75. The maximum atomic E-state index is 5.96. The number of benzene rings is 3. The predicted molar refractivity (Wildman–Crippen MR) is 106 cm³/mol. The molecule has 0 spiro atoms. The molecule has 3 aromatic rings. The van der Waals surface area contributed by atoms with Gasteiger partial charge in [-0.05, 0) is 59.9 Å². The first-order valence-electron chi connectivity index (χ1n) is 9.24. The van der Waals surface area contributed by atoms with Crippen molar-refractivity contribution in [2.45, 2.75) is 20.3 Å². The monoisotopic (exact) mass is 359 g/mol. The van der Waals surface area contributed by atoms with E-state index in [0.717, 1.165) is 29.4 Å². The van der Waals surface area contributed by atoms with Crippen LogP contribution in [0.25, 0.3) is 0 Å². The Kier molecular flexibility index (Phi) is 5.01. The molecule has 3 heteroatoms. The first-order valence-corrected chi connectivity index (χ1v) is 9.24. The molecule has 0 aromatic heterocycles. The third kappa shape index (κ3) is 4.08. The molecule has 0 saturated heterocycles. The third-order valence-electron chi connectivity index (χ3n) is 4.99. The highest BCUT2D eigenvalue weighted by atomic mass is 16.7. The molecule has 3 nitrogen and oxygen atoms in total. The number of hydrogen-bond donors (Lipinski definition) is 0. The fourth-order valence-electron chi connectivity index (χ4n) is 3.29. The molecule has 0 fully saturated rings. The van der Waals surface area contributed by atoms with Gasteiger partial charge in [0, 0.05) is 5.92 Å². The summed E-state index contributed by atoms with van der Waals surface area (Å²) in [5.41, 5.74) is 2.46. The van der Waals surface area contributed by atoms with Gasteiger partial charge in [0.2, 0.25) is 6.79 Å². The maximum Gasteiger partial charge on any atom is 0.231 e. The van der Waals surface area contributed by atoms with Crippen LogP contribution < -0.4 is 14.2 Å². The van der Waals surface area contributed by atoms with E-state index in [4.69, 9.17) is 14.2 Å². The molecule has 0 amide bonds. The average molecular weight is 359 g/mol. The highest BCUT2D eigenvalue weighted by Crippen LogP contribution is 2.36. The Balaban J connectivity index is 1.44. The molecular weight excluding hydrogens is 336 g/mol. The summed E-state index contributed by atoms with van der Waals surface area (Å²) in [5, 5.41) is 0. The Labute approximate surface area is 160 Å². The van der Waals surface area contributed by atoms with Crippen LogP contribution in [0.15, 0.2) is 72.8 Å². The van der Waals surface area contributed by atoms with E-state index in [1.807, 2.05) is 42.5 Å². The minimum atomic E-state index is 0.307. The van der Waals surface area contributed by atoms with Crippen molar-refractivity contribution in [2.24, 2.45) is 5.92 Å². The maximum absolute atomic E-state index is 5.96. The normalized spacial score (nSPS) is 13.6. The summed E-state index contributed by atoms with van der Waals surface area (Å²) in [7, 11) is 0. The van der Waals surface area contributed by atoms with Crippen molar-refractivity contribution in [3.05, 3.63) is 89.8 Å². The first kappa shape index (κ1) is 17.5. The van der Waals surface area contributed by atoms with Gasteiger partial charge in [-0.2, -0.15) is 0 Å². The van der Waals surface area contributed by atoms with E-state index < -0.39 is 0 Å². The Bertz CT molecular complexity index is 905. The van der Waals surface area contributed by atoms with Gasteiger partial charge in [-0.15, -0.1) is 0 Å². The summed E-state index contributed by atoms with van der Waals surface area (Å²) < 4.78 is 16.9. The van der Waals surface area contributed by atoms with Gasteiger partial charge in [0.05, 0.1) is 0 Å². The van der Waals surface area contributed by atoms with E-state index in [2.05, 4.69) is 44.2 Å². The highest BCUT2D eigenvalue weighted by molar-refractivity contribution is 5.48. The van der Waals surface area contributed by atoms with Crippen molar-refractivity contribution >= 4 is 0 Å². The van der Waals surface area contributed by atoms with Gasteiger partial charge in [0.25, 0.3) is 0 Å². The quantitative estimate of drug-likeness (QED) is 0.538. The summed E-state index contributed by atoms with van der Waals surface area (Å²) in [6.07, 6.45) is 0.951. The van der Waals surface area contributed by atoms with Gasteiger partial charge >= 0.3 is 0 Å². The molecule has 0 bridgehead atoms. The molecule has 0 N–H and O–H groups in total. The second-order valence-corrected chi connectivity index (χ2v) is 6.92. The molecule has 0 aliphatic carbocycles. The van der Waals surface area contributed by atoms with E-state index in [1.165, 1.54) is 17.0 Å². The van der Waals surface area contributed by atoms with Crippen LogP contribution in [0.4, 0.5) is 0 Å². The van der Waals surface area contributed by atoms with Crippen LogP contribution in [0.2, 0.25) is 0 Å². The minimum absolute atomic E-state index is 0.307. The van der Waals surface area contributed by atoms with Gasteiger partial charge < -0.3 is 14.2 Å². The Hall–Kier alpha value is -2.94. The Morgan fingerprint density at radius 2 is 1.67 bits per heavy atom. The SMILES string of the molecule is C[C](c1ccc2c(c1)OCO2)C(C)Cc1cccc(Oc2ccccc2)c1. The number of ether oxygens (including phenoxy) is 3. The summed E-state index contributed by atoms with van der Waals surface area (Å²) in [4.78, 5) is 0. The van der Waals surface area contributed by atoms with Crippen LogP contribution >= 0.6 is 0 Å². The molecule has 137 valence electrons. The number of rotatable bonds is 6. The molecule has 1 atom stereocenters. The second kappa shape index (κ2) is 7.75. The summed E-state index contributed by atoms with van der Waals surface area (Å²) in [5.74, 6) is 5.11. The zero-order valence-corrected chi connectivity index (χ0v) is 15.6. The molecular formula is C24H23O3. The lowest BCUT2D eigenvalue weighted by Gasteiger charge is -2.20. The first-order chi connectivity index (χ1) is 13.2. The van der Waals surface area contributed by atoms with Crippen LogP contribution in [-0.2, 0) is 6.42 Å². The van der Waals surface area contributed by atoms with Gasteiger partial charge in [0.1, 0.15) is 11.5 Å². The standard InChI is InChI=1S/C24H23O3/c1-17(18(2)20-11-12-23-24(15-20)26-16-25-23)13-19-7-6-10-22(14-19)27-21-8-4-3-5-9-21/h3-12,14-15,17H,13,16H2,1-2H3. The van der Waals surface area contributed by atoms with E-state index in [0.29, 0.717) is 12.7 Å². The van der Waals surface area contributed by atoms with Crippen molar-refractivity contribution in [2.75, 3.05) is 6.79 Å². The lowest BCUT2D eigenvalue weighted by atomic mass is 9.84. The average Bonchev–Trinajstić information content (AvgIpc) is 3.16. The van der Waals surface area contributed by atoms with Crippen molar-refractivity contribution in [1.29, 1.82) is 0 Å². The highest BCUT2D eigenvalue weighted by Gasteiger charge is 2.20. The molecule has 0 saturated carbocycles. The Morgan fingerprint density at radius 3 is 2.52 bits per heavy atom. The Morgan fingerprint density at radius 1 is 0.889 bits per heavy atom. The van der Waals surface area contributed by atoms with Crippen LogP contribution in [0.3, 0.4) is 0 Å². The largest absolute Gasteiger partial charge is 0.457 e. The third-order valence-corrected chi connectivity index (χ3v) is 4.99. The lowest BCUT2D eigenvalue weighted by Crippen LogP contribution is -2.10. The smallest absolute Gasteiger partial charge is 0.231 e. The second-order valence-electron chi connectivity index (χ2n) is 6.92. The van der Waals surface area contributed by atoms with Crippen molar-refractivity contribution < 1.29 is 14.2 Å². The van der Waals surface area contributed by atoms with E-state index in [1.54, 1.807) is 0 Å². The van der Waals surface area contributed by atoms with Gasteiger partial charge in [0.15, 0.2) is 11.5 Å². The van der Waals surface area contributed by atoms with Crippen LogP contribution in [0.5, 0.6) is 23.0 Å². The van der Waals surface area contributed by atoms with E-state index >= 15 is 0 Å². The van der Waals surface area contributed by atoms with Gasteiger partial charge in [-0.3, -0.25) is 0 Å². The minimum Gasteiger partial charge on any atom is -0.457 e. The molecule has 1 heterocycles. The fourth-order valence-corrected chi connectivity index (χ4v) is 3.29. The van der Waals surface area contributed by atoms with E-state index in [9.17, 15) is 0 Å². The summed E-state index contributed by atoms with van der Waals surface area (Å²) in [6, 6.07) is 24.4. The number of para-hydroxylation sites is 1. The number of fused-ring (bicyclic) bond motifs is 1. The number of hydrogen-bond acceptors (Lipinski definition) is 3. The zero-order chi connectivity index (χ0) is 18.6. The topological polar surface area (TPSA) is 27.7 Å². The summed E-state index contributed by atoms with van der Waals surface area (Å²) >= 11 is 0. The molecule has 1 unspecified atom stereocenters. The lowest BCUT2D eigenvalue weighted by molar-refractivity contribution is 0.174. The van der Waals surface area contributed by atoms with Crippen molar-refractivity contribution in [3.63, 3.8) is 0 Å². The van der Waals surface area contributed by atoms with Gasteiger partial charge in [-0.25, -0.2) is 0 Å². The molecule has 1 aliphatic heterocycles. The molecule has 1 radical (unpaired) electrons. The van der Waals surface area contributed by atoms with Gasteiger partial charge in [-0.1, -0.05) is 50.2 Å². The van der Waals surface area contributed by atoms with Crippen LogP contribution in [-0.4, -0.2) is 6.79 Å². The zero-order valence-electron chi connectivity index (χ0n) is 15.6. The predicted octanol–water partition coefficient (Wildman–Crippen LogP) is 6.03. The molecule has 27 heavy (non-hydrogen) atoms. The molecule has 4 rings (SSSR count). The van der Waals surface area contributed by atoms with Crippen molar-refractivity contribution in [1.82, 2.24) is 0 Å². The van der Waals surface area contributed by atoms with E-state index in [-0.39, 0.29) is 0 Å². The molecule has 1 aliphatic rings. The fraction of sp³-hybridized carbons (Fsp3) is 0.208. The van der Waals surface area contributed by atoms with Crippen molar-refractivity contribution in [3.8, 4) is 23.0 Å². The van der Waals surface area contributed by atoms with Crippen LogP contribution in [0.1, 0.15) is 25.0 Å². The van der Waals surface area contributed by atoms with Crippen LogP contribution in [0, 0.1) is 11.8 Å². The molecule has 3 aromatic carbocycles.